The topological polar surface area (TPSA) is 70.6 Å². The molecular formula is C12H13N3O2. The van der Waals surface area contributed by atoms with Crippen molar-refractivity contribution in [3.05, 3.63) is 35.9 Å². The summed E-state index contributed by atoms with van der Waals surface area (Å²) < 4.78 is 0. The largest absolute Gasteiger partial charge is 0.344 e. The maximum atomic E-state index is 11.7. The quantitative estimate of drug-likeness (QED) is 0.805. The summed E-state index contributed by atoms with van der Waals surface area (Å²) in [5.41, 5.74) is 3.50. The molecule has 0 radical (unpaired) electrons. The SMILES string of the molecule is CC(NC(=O)C1=NNC(=O)C1)c1ccccc1. The summed E-state index contributed by atoms with van der Waals surface area (Å²) in [5.74, 6) is -0.554. The molecule has 5 nitrogen and oxygen atoms in total. The molecule has 2 rings (SSSR count). The Hall–Kier alpha value is -2.17. The van der Waals surface area contributed by atoms with E-state index in [-0.39, 0.29) is 30.0 Å². The van der Waals surface area contributed by atoms with E-state index in [1.807, 2.05) is 37.3 Å². The molecule has 0 bridgehead atoms. The van der Waals surface area contributed by atoms with Gasteiger partial charge in [-0.15, -0.1) is 0 Å². The van der Waals surface area contributed by atoms with Crippen molar-refractivity contribution in [2.45, 2.75) is 19.4 Å². The van der Waals surface area contributed by atoms with Crippen LogP contribution in [0.3, 0.4) is 0 Å². The van der Waals surface area contributed by atoms with Crippen LogP contribution >= 0.6 is 0 Å². The lowest BCUT2D eigenvalue weighted by molar-refractivity contribution is -0.120. The van der Waals surface area contributed by atoms with Gasteiger partial charge in [0.15, 0.2) is 0 Å². The third-order valence-electron chi connectivity index (χ3n) is 2.55. The van der Waals surface area contributed by atoms with Gasteiger partial charge in [0.05, 0.1) is 12.5 Å². The molecule has 2 amide bonds. The molecule has 0 aromatic heterocycles. The lowest BCUT2D eigenvalue weighted by Gasteiger charge is -2.13. The molecule has 1 aromatic carbocycles. The molecule has 17 heavy (non-hydrogen) atoms. The van der Waals surface area contributed by atoms with E-state index in [9.17, 15) is 9.59 Å². The van der Waals surface area contributed by atoms with Crippen molar-refractivity contribution in [1.82, 2.24) is 10.7 Å². The summed E-state index contributed by atoms with van der Waals surface area (Å²) in [5, 5.41) is 6.47. The smallest absolute Gasteiger partial charge is 0.268 e. The third-order valence-corrected chi connectivity index (χ3v) is 2.55. The lowest BCUT2D eigenvalue weighted by atomic mass is 10.1. The van der Waals surface area contributed by atoms with Crippen LogP contribution in [0.15, 0.2) is 35.4 Å². The highest BCUT2D eigenvalue weighted by Gasteiger charge is 2.22. The van der Waals surface area contributed by atoms with E-state index in [0.29, 0.717) is 0 Å². The van der Waals surface area contributed by atoms with Crippen molar-refractivity contribution >= 4 is 17.5 Å². The van der Waals surface area contributed by atoms with Gasteiger partial charge >= 0.3 is 0 Å². The Bertz CT molecular complexity index is 468. The molecule has 88 valence electrons. The molecule has 1 aromatic rings. The average Bonchev–Trinajstić information content (AvgIpc) is 2.77. The first-order chi connectivity index (χ1) is 8.16. The van der Waals surface area contributed by atoms with Crippen LogP contribution < -0.4 is 10.7 Å². The standard InChI is InChI=1S/C12H13N3O2/c1-8(9-5-3-2-4-6-9)13-12(17)10-7-11(16)15-14-10/h2-6,8H,7H2,1H3,(H,13,17)(H,15,16). The second kappa shape index (κ2) is 4.78. The van der Waals surface area contributed by atoms with Crippen molar-refractivity contribution in [2.24, 2.45) is 5.10 Å². The first kappa shape index (κ1) is 11.3. The Morgan fingerprint density at radius 3 is 2.71 bits per heavy atom. The second-order valence-corrected chi connectivity index (χ2v) is 3.88. The molecule has 1 unspecified atom stereocenters. The molecule has 1 aliphatic rings. The number of hydrogen-bond acceptors (Lipinski definition) is 3. The molecule has 0 aliphatic carbocycles. The van der Waals surface area contributed by atoms with Crippen molar-refractivity contribution < 1.29 is 9.59 Å². The van der Waals surface area contributed by atoms with E-state index in [0.717, 1.165) is 5.56 Å². The van der Waals surface area contributed by atoms with Crippen molar-refractivity contribution in [2.75, 3.05) is 0 Å². The molecule has 0 fully saturated rings. The number of hydrazone groups is 1. The number of benzene rings is 1. The first-order valence-electron chi connectivity index (χ1n) is 5.38. The third kappa shape index (κ3) is 2.69. The van der Waals surface area contributed by atoms with Crippen molar-refractivity contribution in [3.8, 4) is 0 Å². The molecule has 1 atom stereocenters. The van der Waals surface area contributed by atoms with Gasteiger partial charge in [0.1, 0.15) is 5.71 Å². The van der Waals surface area contributed by atoms with Gasteiger partial charge in [0.25, 0.3) is 5.91 Å². The minimum Gasteiger partial charge on any atom is -0.344 e. The zero-order valence-corrected chi connectivity index (χ0v) is 9.43. The fraction of sp³-hybridized carbons (Fsp3) is 0.250. The maximum absolute atomic E-state index is 11.7. The van der Waals surface area contributed by atoms with Gasteiger partial charge in [-0.05, 0) is 12.5 Å². The predicted molar refractivity (Wildman–Crippen MR) is 63.2 cm³/mol. The highest BCUT2D eigenvalue weighted by Crippen LogP contribution is 2.11. The van der Waals surface area contributed by atoms with Crippen LogP contribution in [0.1, 0.15) is 24.9 Å². The van der Waals surface area contributed by atoms with E-state index < -0.39 is 0 Å². The van der Waals surface area contributed by atoms with Crippen LogP contribution in [0, 0.1) is 0 Å². The number of amides is 2. The fourth-order valence-electron chi connectivity index (χ4n) is 1.60. The normalized spacial score (nSPS) is 16.1. The average molecular weight is 231 g/mol. The Kier molecular flexibility index (Phi) is 3.18. The number of carbonyl (C=O) groups is 2. The van der Waals surface area contributed by atoms with E-state index in [2.05, 4.69) is 15.8 Å². The van der Waals surface area contributed by atoms with E-state index >= 15 is 0 Å². The van der Waals surface area contributed by atoms with E-state index in [4.69, 9.17) is 0 Å². The van der Waals surface area contributed by atoms with Gasteiger partial charge in [-0.1, -0.05) is 30.3 Å². The van der Waals surface area contributed by atoms with E-state index in [1.165, 1.54) is 0 Å². The van der Waals surface area contributed by atoms with Crippen LogP contribution in [-0.4, -0.2) is 17.5 Å². The molecule has 5 heteroatoms. The minimum absolute atomic E-state index is 0.0490. The number of rotatable bonds is 3. The van der Waals surface area contributed by atoms with Crippen molar-refractivity contribution in [3.63, 3.8) is 0 Å². The summed E-state index contributed by atoms with van der Waals surface area (Å²) in [4.78, 5) is 22.6. The van der Waals surface area contributed by atoms with Crippen LogP contribution in [0.2, 0.25) is 0 Å². The molecule has 2 N–H and O–H groups in total. The molecule has 0 spiro atoms. The van der Waals surface area contributed by atoms with Crippen molar-refractivity contribution in [1.29, 1.82) is 0 Å². The lowest BCUT2D eigenvalue weighted by Crippen LogP contribution is -2.32. The molecular weight excluding hydrogens is 218 g/mol. The Labute approximate surface area is 98.9 Å². The fourth-order valence-corrected chi connectivity index (χ4v) is 1.60. The van der Waals surface area contributed by atoms with Crippen LogP contribution in [-0.2, 0) is 9.59 Å². The zero-order chi connectivity index (χ0) is 12.3. The molecule has 1 heterocycles. The minimum atomic E-state index is -0.306. The van der Waals surface area contributed by atoms with Gasteiger partial charge in [-0.25, -0.2) is 5.43 Å². The number of nitrogens with one attached hydrogen (secondary N) is 2. The summed E-state index contributed by atoms with van der Waals surface area (Å²) >= 11 is 0. The van der Waals surface area contributed by atoms with Gasteiger partial charge < -0.3 is 5.32 Å². The molecule has 0 saturated heterocycles. The van der Waals surface area contributed by atoms with Crippen LogP contribution in [0.5, 0.6) is 0 Å². The highest BCUT2D eigenvalue weighted by molar-refractivity contribution is 6.43. The number of nitrogens with zero attached hydrogens (tertiary/aromatic N) is 1. The summed E-state index contributed by atoms with van der Waals surface area (Å²) in [6, 6.07) is 9.51. The van der Waals surface area contributed by atoms with Gasteiger partial charge in [0.2, 0.25) is 5.91 Å². The Morgan fingerprint density at radius 1 is 1.41 bits per heavy atom. The zero-order valence-electron chi connectivity index (χ0n) is 9.43. The van der Waals surface area contributed by atoms with Gasteiger partial charge in [-0.3, -0.25) is 9.59 Å². The monoisotopic (exact) mass is 231 g/mol. The molecule has 1 aliphatic heterocycles. The maximum Gasteiger partial charge on any atom is 0.268 e. The van der Waals surface area contributed by atoms with Crippen LogP contribution in [0.25, 0.3) is 0 Å². The summed E-state index contributed by atoms with van der Waals surface area (Å²) in [6.45, 7) is 1.89. The van der Waals surface area contributed by atoms with Gasteiger partial charge in [-0.2, -0.15) is 5.10 Å². The Balaban J connectivity index is 1.98. The van der Waals surface area contributed by atoms with E-state index in [1.54, 1.807) is 0 Å². The Morgan fingerprint density at radius 2 is 2.12 bits per heavy atom. The summed E-state index contributed by atoms with van der Waals surface area (Å²) in [7, 11) is 0. The number of hydrogen-bond donors (Lipinski definition) is 2. The highest BCUT2D eigenvalue weighted by atomic mass is 16.2. The molecule has 0 saturated carbocycles. The second-order valence-electron chi connectivity index (χ2n) is 3.88. The first-order valence-corrected chi connectivity index (χ1v) is 5.38. The van der Waals surface area contributed by atoms with Gasteiger partial charge in [0, 0.05) is 0 Å². The predicted octanol–water partition coefficient (Wildman–Crippen LogP) is 0.740. The number of carbonyl (C=O) groups excluding carboxylic acids is 2. The van der Waals surface area contributed by atoms with Crippen LogP contribution in [0.4, 0.5) is 0 Å². The summed E-state index contributed by atoms with van der Waals surface area (Å²) in [6.07, 6.45) is 0.0490.